The predicted octanol–water partition coefficient (Wildman–Crippen LogP) is 3.50. The highest BCUT2D eigenvalue weighted by atomic mass is 16.5. The fraction of sp³-hybridized carbons (Fsp3) is 0.278. The van der Waals surface area contributed by atoms with Crippen LogP contribution in [0.5, 0.6) is 5.75 Å². The van der Waals surface area contributed by atoms with E-state index >= 15 is 0 Å². The quantitative estimate of drug-likeness (QED) is 0.888. The van der Waals surface area contributed by atoms with Crippen molar-refractivity contribution >= 4 is 11.6 Å². The van der Waals surface area contributed by atoms with Crippen molar-refractivity contribution in [3.05, 3.63) is 59.2 Å². The number of benzene rings is 2. The molecule has 0 unspecified atom stereocenters. The number of anilines is 1. The summed E-state index contributed by atoms with van der Waals surface area (Å²) in [6, 6.07) is 14.3. The fourth-order valence-electron chi connectivity index (χ4n) is 2.76. The third-order valence-corrected chi connectivity index (χ3v) is 4.06. The average molecular weight is 296 g/mol. The Kier molecular flexibility index (Phi) is 4.00. The molecule has 0 aromatic heterocycles. The van der Waals surface area contributed by atoms with Crippen LogP contribution >= 0.6 is 0 Å². The smallest absolute Gasteiger partial charge is 0.251 e. The molecule has 0 bridgehead atoms. The summed E-state index contributed by atoms with van der Waals surface area (Å²) in [4.78, 5) is 11.8. The standard InChI is InChI=1S/C18H20N2O2/c1-3-17(12-5-8-15(22-2)9-6-12)20-14-7-4-13-11-19-18(21)16(13)10-14/h4-10,17,20H,3,11H2,1-2H3,(H,19,21)/t17-/m0/s1. The largest absolute Gasteiger partial charge is 0.497 e. The number of hydrogen-bond donors (Lipinski definition) is 2. The number of methoxy groups -OCH3 is 1. The first-order valence-corrected chi connectivity index (χ1v) is 7.53. The Bertz CT molecular complexity index is 680. The molecule has 4 nitrogen and oxygen atoms in total. The van der Waals surface area contributed by atoms with E-state index in [-0.39, 0.29) is 11.9 Å². The monoisotopic (exact) mass is 296 g/mol. The Labute approximate surface area is 130 Å². The highest BCUT2D eigenvalue weighted by Gasteiger charge is 2.19. The summed E-state index contributed by atoms with van der Waals surface area (Å²) < 4.78 is 5.20. The van der Waals surface area contributed by atoms with Crippen molar-refractivity contribution in [1.29, 1.82) is 0 Å². The lowest BCUT2D eigenvalue weighted by Gasteiger charge is -2.19. The lowest BCUT2D eigenvalue weighted by Crippen LogP contribution is -2.13. The van der Waals surface area contributed by atoms with Crippen LogP contribution in [0, 0.1) is 0 Å². The van der Waals surface area contributed by atoms with E-state index in [1.54, 1.807) is 7.11 Å². The summed E-state index contributed by atoms with van der Waals surface area (Å²) in [6.45, 7) is 2.77. The van der Waals surface area contributed by atoms with E-state index in [0.717, 1.165) is 29.0 Å². The van der Waals surface area contributed by atoms with Crippen molar-refractivity contribution in [1.82, 2.24) is 5.32 Å². The third kappa shape index (κ3) is 2.77. The molecular weight excluding hydrogens is 276 g/mol. The first kappa shape index (κ1) is 14.4. The van der Waals surface area contributed by atoms with Gasteiger partial charge in [-0.2, -0.15) is 0 Å². The van der Waals surface area contributed by atoms with Crippen LogP contribution in [0.4, 0.5) is 5.69 Å². The van der Waals surface area contributed by atoms with Crippen molar-refractivity contribution in [2.75, 3.05) is 12.4 Å². The summed E-state index contributed by atoms with van der Waals surface area (Å²) >= 11 is 0. The van der Waals surface area contributed by atoms with Crippen LogP contribution < -0.4 is 15.4 Å². The topological polar surface area (TPSA) is 50.4 Å². The number of ether oxygens (including phenoxy) is 1. The predicted molar refractivity (Wildman–Crippen MR) is 87.3 cm³/mol. The normalized spacial score (nSPS) is 14.2. The summed E-state index contributed by atoms with van der Waals surface area (Å²) in [6.07, 6.45) is 0.954. The number of nitrogens with one attached hydrogen (secondary N) is 2. The van der Waals surface area contributed by atoms with Gasteiger partial charge in [-0.05, 0) is 41.8 Å². The summed E-state index contributed by atoms with van der Waals surface area (Å²) in [5.74, 6) is 0.865. The first-order chi connectivity index (χ1) is 10.7. The van der Waals surface area contributed by atoms with Crippen molar-refractivity contribution in [2.45, 2.75) is 25.9 Å². The zero-order valence-electron chi connectivity index (χ0n) is 12.8. The van der Waals surface area contributed by atoms with Gasteiger partial charge >= 0.3 is 0 Å². The molecule has 0 radical (unpaired) electrons. The van der Waals surface area contributed by atoms with Crippen LogP contribution in [0.3, 0.4) is 0 Å². The molecular formula is C18H20N2O2. The molecule has 0 saturated heterocycles. The molecule has 2 aromatic carbocycles. The molecule has 0 aliphatic carbocycles. The summed E-state index contributed by atoms with van der Waals surface area (Å²) in [5.41, 5.74) is 4.01. The molecule has 3 rings (SSSR count). The molecule has 2 N–H and O–H groups in total. The molecule has 1 amide bonds. The van der Waals surface area contributed by atoms with Gasteiger partial charge in [-0.1, -0.05) is 25.1 Å². The Balaban J connectivity index is 1.80. The maximum Gasteiger partial charge on any atom is 0.251 e. The van der Waals surface area contributed by atoms with E-state index in [4.69, 9.17) is 4.74 Å². The maximum absolute atomic E-state index is 11.8. The van der Waals surface area contributed by atoms with Gasteiger partial charge in [0.05, 0.1) is 13.2 Å². The molecule has 1 aliphatic heterocycles. The van der Waals surface area contributed by atoms with Gasteiger partial charge in [0.2, 0.25) is 0 Å². The van der Waals surface area contributed by atoms with Gasteiger partial charge in [0, 0.05) is 17.8 Å². The lowest BCUT2D eigenvalue weighted by molar-refractivity contribution is 0.0966. The molecule has 1 heterocycles. The minimum atomic E-state index is 0.0103. The second-order valence-corrected chi connectivity index (χ2v) is 5.43. The Morgan fingerprint density at radius 2 is 2.00 bits per heavy atom. The minimum absolute atomic E-state index is 0.0103. The van der Waals surface area contributed by atoms with E-state index < -0.39 is 0 Å². The van der Waals surface area contributed by atoms with E-state index in [1.807, 2.05) is 30.3 Å². The molecule has 114 valence electrons. The number of carbonyl (C=O) groups excluding carboxylic acids is 1. The van der Waals surface area contributed by atoms with Gasteiger partial charge < -0.3 is 15.4 Å². The highest BCUT2D eigenvalue weighted by molar-refractivity contribution is 5.99. The summed E-state index contributed by atoms with van der Waals surface area (Å²) in [5, 5.41) is 6.36. The van der Waals surface area contributed by atoms with Crippen molar-refractivity contribution in [2.24, 2.45) is 0 Å². The zero-order chi connectivity index (χ0) is 15.5. The second kappa shape index (κ2) is 6.10. The van der Waals surface area contributed by atoms with Crippen LogP contribution in [0.25, 0.3) is 0 Å². The molecule has 0 spiro atoms. The molecule has 1 aliphatic rings. The van der Waals surface area contributed by atoms with Gasteiger partial charge in [0.25, 0.3) is 5.91 Å². The van der Waals surface area contributed by atoms with Gasteiger partial charge in [-0.3, -0.25) is 4.79 Å². The molecule has 22 heavy (non-hydrogen) atoms. The third-order valence-electron chi connectivity index (χ3n) is 4.06. The molecule has 2 aromatic rings. The number of fused-ring (bicyclic) bond motifs is 1. The number of carbonyl (C=O) groups is 1. The summed E-state index contributed by atoms with van der Waals surface area (Å²) in [7, 11) is 1.67. The number of amides is 1. The average Bonchev–Trinajstić information content (AvgIpc) is 2.93. The van der Waals surface area contributed by atoms with E-state index in [9.17, 15) is 4.79 Å². The fourth-order valence-corrected chi connectivity index (χ4v) is 2.76. The highest BCUT2D eigenvalue weighted by Crippen LogP contribution is 2.27. The second-order valence-electron chi connectivity index (χ2n) is 5.43. The Morgan fingerprint density at radius 3 is 2.68 bits per heavy atom. The van der Waals surface area contributed by atoms with Crippen LogP contribution in [0.15, 0.2) is 42.5 Å². The lowest BCUT2D eigenvalue weighted by atomic mass is 10.0. The van der Waals surface area contributed by atoms with Crippen LogP contribution in [0.1, 0.15) is 40.9 Å². The van der Waals surface area contributed by atoms with Crippen molar-refractivity contribution < 1.29 is 9.53 Å². The van der Waals surface area contributed by atoms with Crippen LogP contribution in [-0.2, 0) is 6.54 Å². The SMILES string of the molecule is CC[C@H](Nc1ccc2c(c1)C(=O)NC2)c1ccc(OC)cc1. The number of rotatable bonds is 5. The number of hydrogen-bond acceptors (Lipinski definition) is 3. The van der Waals surface area contributed by atoms with E-state index in [0.29, 0.717) is 6.54 Å². The maximum atomic E-state index is 11.8. The van der Waals surface area contributed by atoms with Crippen molar-refractivity contribution in [3.8, 4) is 5.75 Å². The minimum Gasteiger partial charge on any atom is -0.497 e. The zero-order valence-corrected chi connectivity index (χ0v) is 12.8. The molecule has 0 fully saturated rings. The van der Waals surface area contributed by atoms with E-state index in [1.165, 1.54) is 5.56 Å². The molecule has 0 saturated carbocycles. The van der Waals surface area contributed by atoms with Gasteiger partial charge in [-0.25, -0.2) is 0 Å². The van der Waals surface area contributed by atoms with Gasteiger partial charge in [-0.15, -0.1) is 0 Å². The Morgan fingerprint density at radius 1 is 1.23 bits per heavy atom. The molecule has 1 atom stereocenters. The van der Waals surface area contributed by atoms with Gasteiger partial charge in [0.15, 0.2) is 0 Å². The van der Waals surface area contributed by atoms with E-state index in [2.05, 4.69) is 29.7 Å². The van der Waals surface area contributed by atoms with Crippen molar-refractivity contribution in [3.63, 3.8) is 0 Å². The van der Waals surface area contributed by atoms with Crippen LogP contribution in [0.2, 0.25) is 0 Å². The van der Waals surface area contributed by atoms with Crippen LogP contribution in [-0.4, -0.2) is 13.0 Å². The Hall–Kier alpha value is -2.49. The first-order valence-electron chi connectivity index (χ1n) is 7.53. The molecule has 4 heteroatoms. The van der Waals surface area contributed by atoms with Gasteiger partial charge in [0.1, 0.15) is 5.75 Å².